The number of likely N-dealkylation sites (tertiary alicyclic amines) is 1. The van der Waals surface area contributed by atoms with E-state index in [9.17, 15) is 4.79 Å². The Kier molecular flexibility index (Phi) is 4.94. The Morgan fingerprint density at radius 1 is 1.33 bits per heavy atom. The van der Waals surface area contributed by atoms with Gasteiger partial charge in [-0.1, -0.05) is 23.4 Å². The Morgan fingerprint density at radius 2 is 2.19 bits per heavy atom. The third kappa shape index (κ3) is 3.35. The molecule has 2 aromatic heterocycles. The number of carbonyl (C=O) groups excluding carboxylic acids is 1. The summed E-state index contributed by atoms with van der Waals surface area (Å²) in [6, 6.07) is 7.80. The molecule has 3 heterocycles. The lowest BCUT2D eigenvalue weighted by atomic mass is 10.0. The number of nitrogens with zero attached hydrogens (tertiary/aromatic N) is 4. The van der Waals surface area contributed by atoms with Crippen LogP contribution in [0.15, 0.2) is 35.0 Å². The van der Waals surface area contributed by atoms with E-state index in [1.807, 2.05) is 47.0 Å². The van der Waals surface area contributed by atoms with Crippen LogP contribution in [-0.2, 0) is 18.2 Å². The monoisotopic (exact) mass is 368 g/mol. The van der Waals surface area contributed by atoms with Crippen molar-refractivity contribution in [1.29, 1.82) is 0 Å². The fraction of sp³-hybridized carbons (Fsp3) is 0.450. The number of carbonyl (C=O) groups is 1. The minimum Gasteiger partial charge on any atom is -0.384 e. The minimum atomic E-state index is -0.172. The van der Waals surface area contributed by atoms with Crippen LogP contribution >= 0.6 is 0 Å². The third-order valence-electron chi connectivity index (χ3n) is 5.19. The molecule has 4 rings (SSSR count). The predicted molar refractivity (Wildman–Crippen MR) is 100 cm³/mol. The van der Waals surface area contributed by atoms with Crippen LogP contribution in [-0.4, -0.2) is 45.8 Å². The van der Waals surface area contributed by atoms with Gasteiger partial charge in [-0.25, -0.2) is 0 Å². The van der Waals surface area contributed by atoms with Crippen molar-refractivity contribution >= 4 is 16.8 Å². The molecule has 1 aliphatic rings. The molecule has 0 N–H and O–H groups in total. The summed E-state index contributed by atoms with van der Waals surface area (Å²) in [6.07, 6.45) is 5.38. The van der Waals surface area contributed by atoms with Gasteiger partial charge in [-0.05, 0) is 25.3 Å². The van der Waals surface area contributed by atoms with Crippen molar-refractivity contribution in [3.05, 3.63) is 47.7 Å². The summed E-state index contributed by atoms with van der Waals surface area (Å²) in [5.41, 5.74) is 1.77. The molecule has 7 nitrogen and oxygen atoms in total. The van der Waals surface area contributed by atoms with Crippen molar-refractivity contribution < 1.29 is 14.1 Å². The molecule has 142 valence electrons. The number of benzene rings is 1. The molecule has 3 aromatic rings. The van der Waals surface area contributed by atoms with Crippen LogP contribution in [0.3, 0.4) is 0 Å². The lowest BCUT2D eigenvalue weighted by Crippen LogP contribution is -2.38. The average Bonchev–Trinajstić information content (AvgIpc) is 3.31. The summed E-state index contributed by atoms with van der Waals surface area (Å²) in [7, 11) is 3.61. The summed E-state index contributed by atoms with van der Waals surface area (Å²) < 4.78 is 12.6. The van der Waals surface area contributed by atoms with Gasteiger partial charge in [0.2, 0.25) is 5.89 Å². The topological polar surface area (TPSA) is 73.4 Å². The van der Waals surface area contributed by atoms with Crippen LogP contribution in [0, 0.1) is 0 Å². The first-order valence-electron chi connectivity index (χ1n) is 9.35. The molecule has 7 heteroatoms. The zero-order chi connectivity index (χ0) is 18.8. The van der Waals surface area contributed by atoms with Crippen LogP contribution in [0.1, 0.15) is 47.4 Å². The summed E-state index contributed by atoms with van der Waals surface area (Å²) >= 11 is 0. The first-order valence-corrected chi connectivity index (χ1v) is 9.35. The molecule has 1 unspecified atom stereocenters. The van der Waals surface area contributed by atoms with Gasteiger partial charge in [-0.2, -0.15) is 4.98 Å². The number of piperidine rings is 1. The average molecular weight is 368 g/mol. The van der Waals surface area contributed by atoms with Gasteiger partial charge in [0.15, 0.2) is 5.82 Å². The van der Waals surface area contributed by atoms with Gasteiger partial charge in [0.1, 0.15) is 6.04 Å². The summed E-state index contributed by atoms with van der Waals surface area (Å²) in [6.45, 7) is 1.24. The van der Waals surface area contributed by atoms with E-state index in [4.69, 9.17) is 9.26 Å². The molecular weight excluding hydrogens is 344 g/mol. The van der Waals surface area contributed by atoms with E-state index in [0.717, 1.165) is 35.7 Å². The fourth-order valence-corrected chi connectivity index (χ4v) is 3.80. The molecule has 1 atom stereocenters. The highest BCUT2D eigenvalue weighted by Crippen LogP contribution is 2.33. The van der Waals surface area contributed by atoms with E-state index >= 15 is 0 Å². The van der Waals surface area contributed by atoms with Crippen LogP contribution in [0.5, 0.6) is 0 Å². The third-order valence-corrected chi connectivity index (χ3v) is 5.19. The number of amides is 1. The van der Waals surface area contributed by atoms with Crippen LogP contribution < -0.4 is 0 Å². The van der Waals surface area contributed by atoms with Crippen LogP contribution in [0.25, 0.3) is 10.9 Å². The highest BCUT2D eigenvalue weighted by atomic mass is 16.5. The number of fused-ring (bicyclic) bond motifs is 1. The molecule has 0 radical (unpaired) electrons. The normalized spacial score (nSPS) is 17.6. The van der Waals surface area contributed by atoms with E-state index in [2.05, 4.69) is 10.1 Å². The molecule has 1 fully saturated rings. The minimum absolute atomic E-state index is 0.0214. The first-order chi connectivity index (χ1) is 13.2. The van der Waals surface area contributed by atoms with Gasteiger partial charge in [-0.3, -0.25) is 4.79 Å². The van der Waals surface area contributed by atoms with E-state index < -0.39 is 0 Å². The maximum atomic E-state index is 13.4. The molecule has 0 saturated carbocycles. The van der Waals surface area contributed by atoms with Gasteiger partial charge < -0.3 is 18.7 Å². The maximum absolute atomic E-state index is 13.4. The number of methoxy groups -OCH3 is 1. The van der Waals surface area contributed by atoms with Gasteiger partial charge >= 0.3 is 0 Å². The lowest BCUT2D eigenvalue weighted by molar-refractivity contribution is 0.0563. The second kappa shape index (κ2) is 7.52. The SMILES string of the molecule is COCCc1noc(C2CCCCN2C(=O)c2cn(C)c3ccccc23)n1. The Balaban J connectivity index is 1.63. The number of para-hydroxylation sites is 1. The van der Waals surface area contributed by atoms with Crippen molar-refractivity contribution in [2.24, 2.45) is 7.05 Å². The van der Waals surface area contributed by atoms with E-state index in [1.54, 1.807) is 7.11 Å². The number of hydrogen-bond donors (Lipinski definition) is 0. The maximum Gasteiger partial charge on any atom is 0.256 e. The highest BCUT2D eigenvalue weighted by Gasteiger charge is 2.33. The molecule has 27 heavy (non-hydrogen) atoms. The smallest absolute Gasteiger partial charge is 0.256 e. The molecule has 0 aliphatic carbocycles. The molecule has 0 bridgehead atoms. The second-order valence-corrected chi connectivity index (χ2v) is 6.97. The predicted octanol–water partition coefficient (Wildman–Crippen LogP) is 3.12. The molecule has 1 aliphatic heterocycles. The van der Waals surface area contributed by atoms with Crippen LogP contribution in [0.4, 0.5) is 0 Å². The largest absolute Gasteiger partial charge is 0.384 e. The quantitative estimate of drug-likeness (QED) is 0.692. The van der Waals surface area contributed by atoms with Crippen molar-refractivity contribution in [3.63, 3.8) is 0 Å². The molecular formula is C20H24N4O3. The highest BCUT2D eigenvalue weighted by molar-refractivity contribution is 6.07. The number of aryl methyl sites for hydroxylation is 1. The number of aromatic nitrogens is 3. The summed E-state index contributed by atoms with van der Waals surface area (Å²) in [5.74, 6) is 1.16. The fourth-order valence-electron chi connectivity index (χ4n) is 3.80. The van der Waals surface area contributed by atoms with Gasteiger partial charge in [0.05, 0.1) is 12.2 Å². The molecule has 1 aromatic carbocycles. The standard InChI is InChI=1S/C20H24N4O3/c1-23-13-15(14-7-3-4-8-16(14)23)20(25)24-11-6-5-9-17(24)19-21-18(22-27-19)10-12-26-2/h3-4,7-8,13,17H,5-6,9-12H2,1-2H3. The van der Waals surface area contributed by atoms with Gasteiger partial charge in [-0.15, -0.1) is 0 Å². The van der Waals surface area contributed by atoms with E-state index in [0.29, 0.717) is 31.3 Å². The Labute approximate surface area is 157 Å². The number of hydrogen-bond acceptors (Lipinski definition) is 5. The number of ether oxygens (including phenoxy) is 1. The van der Waals surface area contributed by atoms with Gasteiger partial charge in [0.25, 0.3) is 5.91 Å². The van der Waals surface area contributed by atoms with Gasteiger partial charge in [0, 0.05) is 44.2 Å². The molecule has 1 saturated heterocycles. The molecule has 1 amide bonds. The zero-order valence-electron chi connectivity index (χ0n) is 15.7. The van der Waals surface area contributed by atoms with Crippen molar-refractivity contribution in [3.8, 4) is 0 Å². The zero-order valence-corrected chi connectivity index (χ0v) is 15.7. The molecule has 0 spiro atoms. The van der Waals surface area contributed by atoms with Crippen molar-refractivity contribution in [1.82, 2.24) is 19.6 Å². The Bertz CT molecular complexity index is 946. The van der Waals surface area contributed by atoms with E-state index in [1.165, 1.54) is 0 Å². The Hall–Kier alpha value is -2.67. The Morgan fingerprint density at radius 3 is 3.04 bits per heavy atom. The van der Waals surface area contributed by atoms with Crippen LogP contribution in [0.2, 0.25) is 0 Å². The first kappa shape index (κ1) is 17.7. The second-order valence-electron chi connectivity index (χ2n) is 6.97. The number of rotatable bonds is 5. The summed E-state index contributed by atoms with van der Waals surface area (Å²) in [5, 5.41) is 5.01. The lowest BCUT2D eigenvalue weighted by Gasteiger charge is -2.33. The van der Waals surface area contributed by atoms with E-state index in [-0.39, 0.29) is 11.9 Å². The summed E-state index contributed by atoms with van der Waals surface area (Å²) in [4.78, 5) is 19.8. The van der Waals surface area contributed by atoms with Crippen molar-refractivity contribution in [2.45, 2.75) is 31.7 Å². The van der Waals surface area contributed by atoms with Crippen molar-refractivity contribution in [2.75, 3.05) is 20.3 Å².